The molecule has 4 amide bonds. The third-order valence-electron chi connectivity index (χ3n) is 11.6. The van der Waals surface area contributed by atoms with Crippen LogP contribution < -0.4 is 11.1 Å². The number of aryl methyl sites for hydroxylation is 1. The number of amides is 4. The van der Waals surface area contributed by atoms with Crippen LogP contribution in [0.1, 0.15) is 69.4 Å². The Hall–Kier alpha value is -4.03. The predicted octanol–water partition coefficient (Wildman–Crippen LogP) is 3.92. The monoisotopic (exact) mass is 684 g/mol. The fraction of sp³-hybridized carbons (Fsp3) is 0.605. The van der Waals surface area contributed by atoms with E-state index in [1.165, 1.54) is 5.57 Å². The molecule has 1 aliphatic carbocycles. The lowest BCUT2D eigenvalue weighted by Crippen LogP contribution is -2.55. The number of piperidine rings is 3. The molecule has 4 aliphatic heterocycles. The molecule has 12 heteroatoms. The molecule has 4 fully saturated rings. The molecular weight excluding hydrogens is 632 g/mol. The summed E-state index contributed by atoms with van der Waals surface area (Å²) in [4.78, 5) is 58.1. The number of aromatic nitrogens is 2. The van der Waals surface area contributed by atoms with Crippen LogP contribution in [0.5, 0.6) is 0 Å². The first-order chi connectivity index (χ1) is 24.1. The second kappa shape index (κ2) is 14.7. The van der Waals surface area contributed by atoms with Gasteiger partial charge in [0.05, 0.1) is 17.1 Å². The minimum atomic E-state index is -0.958. The summed E-state index contributed by atoms with van der Waals surface area (Å²) in [7, 11) is 0. The van der Waals surface area contributed by atoms with E-state index in [0.717, 1.165) is 73.8 Å². The number of benzene rings is 1. The van der Waals surface area contributed by atoms with Crippen LogP contribution in [0.4, 0.5) is 9.59 Å². The molecule has 0 spiro atoms. The third-order valence-corrected chi connectivity index (χ3v) is 11.6. The zero-order valence-electron chi connectivity index (χ0n) is 29.6. The van der Waals surface area contributed by atoms with Gasteiger partial charge in [0.1, 0.15) is 0 Å². The number of nitrogens with zero attached hydrogens (tertiary/aromatic N) is 6. The molecule has 12 nitrogen and oxygen atoms in total. The maximum Gasteiger partial charge on any atom is 0.410 e. The fourth-order valence-corrected chi connectivity index (χ4v) is 8.46. The first-order valence-corrected chi connectivity index (χ1v) is 18.5. The van der Waals surface area contributed by atoms with Crippen LogP contribution in [0.15, 0.2) is 48.3 Å². The summed E-state index contributed by atoms with van der Waals surface area (Å²) in [5.74, 6) is -0.150. The van der Waals surface area contributed by atoms with Crippen LogP contribution in [-0.2, 0) is 16.0 Å². The van der Waals surface area contributed by atoms with Crippen LogP contribution >= 0.6 is 0 Å². The van der Waals surface area contributed by atoms with Gasteiger partial charge in [-0.15, -0.1) is 0 Å². The first kappa shape index (κ1) is 34.4. The Kier molecular flexibility index (Phi) is 10.1. The minimum Gasteiger partial charge on any atom is -0.436 e. The van der Waals surface area contributed by atoms with Crippen LogP contribution in [-0.4, -0.2) is 123 Å². The van der Waals surface area contributed by atoms with E-state index in [2.05, 4.69) is 45.3 Å². The quantitative estimate of drug-likeness (QED) is 0.468. The molecule has 5 heterocycles. The Morgan fingerprint density at radius 3 is 2.44 bits per heavy atom. The summed E-state index contributed by atoms with van der Waals surface area (Å²) in [6, 6.07) is 4.47. The number of allylic oxidation sites excluding steroid dienone is 2. The molecule has 268 valence electrons. The van der Waals surface area contributed by atoms with E-state index in [9.17, 15) is 14.4 Å². The van der Waals surface area contributed by atoms with Crippen molar-refractivity contribution in [3.63, 3.8) is 0 Å². The van der Waals surface area contributed by atoms with Crippen molar-refractivity contribution in [2.24, 2.45) is 5.73 Å². The molecule has 2 atom stereocenters. The van der Waals surface area contributed by atoms with Gasteiger partial charge in [-0.25, -0.2) is 9.59 Å². The van der Waals surface area contributed by atoms with E-state index >= 15 is 0 Å². The van der Waals surface area contributed by atoms with Gasteiger partial charge < -0.3 is 35.4 Å². The Bertz CT molecular complexity index is 1630. The highest BCUT2D eigenvalue weighted by molar-refractivity contribution is 5.85. The van der Waals surface area contributed by atoms with Crippen molar-refractivity contribution < 1.29 is 19.1 Å². The van der Waals surface area contributed by atoms with Crippen LogP contribution in [0, 0.1) is 6.92 Å². The van der Waals surface area contributed by atoms with Crippen LogP contribution in [0.25, 0.3) is 11.0 Å². The molecular formula is C38H52N8O4. The number of fused-ring (bicyclic) bond motifs is 2. The largest absolute Gasteiger partial charge is 0.436 e. The zero-order valence-corrected chi connectivity index (χ0v) is 29.6. The van der Waals surface area contributed by atoms with E-state index in [0.29, 0.717) is 51.6 Å². The number of hydrogen-bond acceptors (Lipinski definition) is 8. The highest BCUT2D eigenvalue weighted by atomic mass is 16.6. The molecule has 0 bridgehead atoms. The van der Waals surface area contributed by atoms with Gasteiger partial charge in [0.15, 0.2) is 6.10 Å². The SMILES string of the molecule is Cc1cc(C[C@@H](OC(=O)N2CCC(N3CCC4=CC=CCC4NC3=O)CC2)C(=O)N2CCC(N3CCC(C)(N)CC3)CC2)cc2nccnc12. The Morgan fingerprint density at radius 1 is 0.980 bits per heavy atom. The lowest BCUT2D eigenvalue weighted by atomic mass is 9.89. The molecule has 0 radical (unpaired) electrons. The molecule has 1 unspecified atom stereocenters. The van der Waals surface area contributed by atoms with Crippen molar-refractivity contribution in [2.75, 3.05) is 45.8 Å². The second-order valence-electron chi connectivity index (χ2n) is 15.2. The Balaban J connectivity index is 1.000. The van der Waals surface area contributed by atoms with E-state index in [1.807, 2.05) is 28.9 Å². The maximum absolute atomic E-state index is 14.2. The number of nitrogens with one attached hydrogen (secondary N) is 1. The fourth-order valence-electron chi connectivity index (χ4n) is 8.46. The van der Waals surface area contributed by atoms with Crippen LogP contribution in [0.3, 0.4) is 0 Å². The standard InChI is InChI=1S/C38H52N8O4/c1-26-23-27(24-32-34(26)41-15-14-40-32)25-33(35(47)44-16-8-29(9-17-44)43-21-12-38(2,39)13-22-43)50-37(49)45-18-10-30(11-19-45)46-20-7-28-5-3-4-6-31(28)42-36(46)48/h3-5,14-15,23-24,29-31,33H,6-13,16-22,25,39H2,1-2H3,(H,42,48)/t31?,33-/m1/s1. The molecule has 3 N–H and O–H groups in total. The summed E-state index contributed by atoms with van der Waals surface area (Å²) in [5, 5.41) is 3.20. The minimum absolute atomic E-state index is 0.0299. The van der Waals surface area contributed by atoms with E-state index < -0.39 is 12.2 Å². The van der Waals surface area contributed by atoms with Crippen molar-refractivity contribution in [3.8, 4) is 0 Å². The molecule has 5 aliphatic rings. The van der Waals surface area contributed by atoms with Gasteiger partial charge in [-0.3, -0.25) is 14.8 Å². The number of ether oxygens (including phenoxy) is 1. The van der Waals surface area contributed by atoms with Gasteiger partial charge in [0, 0.05) is 82.3 Å². The number of hydrogen-bond donors (Lipinski definition) is 2. The van der Waals surface area contributed by atoms with Gasteiger partial charge in [-0.2, -0.15) is 0 Å². The van der Waals surface area contributed by atoms with Crippen molar-refractivity contribution in [2.45, 2.75) is 101 Å². The number of rotatable bonds is 6. The van der Waals surface area contributed by atoms with Crippen LogP contribution in [0.2, 0.25) is 0 Å². The summed E-state index contributed by atoms with van der Waals surface area (Å²) >= 11 is 0. The maximum atomic E-state index is 14.2. The van der Waals surface area contributed by atoms with E-state index in [1.54, 1.807) is 17.3 Å². The number of nitrogens with two attached hydrogens (primary N) is 1. The number of carbonyl (C=O) groups excluding carboxylic acids is 3. The van der Waals surface area contributed by atoms with Gasteiger partial charge in [0.2, 0.25) is 0 Å². The van der Waals surface area contributed by atoms with Crippen molar-refractivity contribution in [1.29, 1.82) is 0 Å². The molecule has 50 heavy (non-hydrogen) atoms. The molecule has 4 saturated heterocycles. The highest BCUT2D eigenvalue weighted by Crippen LogP contribution is 2.28. The lowest BCUT2D eigenvalue weighted by molar-refractivity contribution is -0.142. The topological polar surface area (TPSA) is 137 Å². The zero-order chi connectivity index (χ0) is 34.8. The molecule has 1 aromatic carbocycles. The average molecular weight is 685 g/mol. The van der Waals surface area contributed by atoms with Gasteiger partial charge in [-0.05, 0) is 88.0 Å². The summed E-state index contributed by atoms with van der Waals surface area (Å²) in [6.07, 6.45) is 15.2. The van der Waals surface area contributed by atoms with E-state index in [4.69, 9.17) is 10.5 Å². The van der Waals surface area contributed by atoms with Gasteiger partial charge in [0.25, 0.3) is 5.91 Å². The van der Waals surface area contributed by atoms with Crippen molar-refractivity contribution >= 4 is 29.1 Å². The molecule has 2 aromatic rings. The predicted molar refractivity (Wildman–Crippen MR) is 191 cm³/mol. The summed E-state index contributed by atoms with van der Waals surface area (Å²) < 4.78 is 6.14. The summed E-state index contributed by atoms with van der Waals surface area (Å²) in [6.45, 7) is 8.97. The lowest BCUT2D eigenvalue weighted by Gasteiger charge is -2.44. The van der Waals surface area contributed by atoms with Gasteiger partial charge in [-0.1, -0.05) is 24.3 Å². The molecule has 7 rings (SSSR count). The molecule has 0 saturated carbocycles. The first-order valence-electron chi connectivity index (χ1n) is 18.5. The second-order valence-corrected chi connectivity index (χ2v) is 15.2. The van der Waals surface area contributed by atoms with E-state index in [-0.39, 0.29) is 36.0 Å². The summed E-state index contributed by atoms with van der Waals surface area (Å²) in [5.41, 5.74) is 11.0. The molecule has 1 aromatic heterocycles. The highest BCUT2D eigenvalue weighted by Gasteiger charge is 2.38. The number of likely N-dealkylation sites (tertiary alicyclic amines) is 3. The Morgan fingerprint density at radius 2 is 1.68 bits per heavy atom. The number of carbonyl (C=O) groups is 3. The normalized spacial score (nSPS) is 24.3. The number of urea groups is 1. The Labute approximate surface area is 295 Å². The average Bonchev–Trinajstić information content (AvgIpc) is 3.29. The van der Waals surface area contributed by atoms with Crippen molar-refractivity contribution in [3.05, 3.63) is 59.5 Å². The van der Waals surface area contributed by atoms with Crippen molar-refractivity contribution in [1.82, 2.24) is 34.9 Å². The van der Waals surface area contributed by atoms with Gasteiger partial charge >= 0.3 is 12.1 Å². The third kappa shape index (κ3) is 7.66. The smallest absolute Gasteiger partial charge is 0.410 e.